The maximum Gasteiger partial charge on any atom is 0.326 e. The maximum atomic E-state index is 12.9. The van der Waals surface area contributed by atoms with Crippen molar-refractivity contribution < 1.29 is 4.79 Å². The molecule has 0 saturated heterocycles. The quantitative estimate of drug-likeness (QED) is 0.707. The van der Waals surface area contributed by atoms with Crippen LogP contribution in [-0.4, -0.2) is 20.1 Å². The van der Waals surface area contributed by atoms with E-state index in [1.165, 1.54) is 0 Å². The summed E-state index contributed by atoms with van der Waals surface area (Å²) in [5.41, 5.74) is 3.80. The van der Waals surface area contributed by atoms with Gasteiger partial charge in [0.25, 0.3) is 0 Å². The second-order valence-electron chi connectivity index (χ2n) is 6.28. The number of rotatable bonds is 5. The van der Waals surface area contributed by atoms with Crippen LogP contribution < -0.4 is 15.1 Å². The summed E-state index contributed by atoms with van der Waals surface area (Å²) in [4.78, 5) is 16.7. The molecule has 0 fully saturated rings. The van der Waals surface area contributed by atoms with Crippen LogP contribution in [0.15, 0.2) is 84.9 Å². The molecule has 0 heterocycles. The minimum absolute atomic E-state index is 0.155. The van der Waals surface area contributed by atoms with Crippen molar-refractivity contribution in [2.45, 2.75) is 6.54 Å². The molecule has 26 heavy (non-hydrogen) atoms. The van der Waals surface area contributed by atoms with Gasteiger partial charge in [-0.2, -0.15) is 0 Å². The lowest BCUT2D eigenvalue weighted by Crippen LogP contribution is -2.34. The van der Waals surface area contributed by atoms with Crippen molar-refractivity contribution in [2.75, 3.05) is 29.2 Å². The van der Waals surface area contributed by atoms with Gasteiger partial charge in [0.05, 0.1) is 6.54 Å². The number of hydrogen-bond donors (Lipinski definition) is 1. The molecule has 0 bridgehead atoms. The average molecular weight is 345 g/mol. The number of nitrogens with one attached hydrogen (secondary N) is 1. The second-order valence-corrected chi connectivity index (χ2v) is 6.28. The van der Waals surface area contributed by atoms with Crippen LogP contribution in [0.4, 0.5) is 21.9 Å². The van der Waals surface area contributed by atoms with Gasteiger partial charge in [-0.25, -0.2) is 4.79 Å². The maximum absolute atomic E-state index is 12.9. The van der Waals surface area contributed by atoms with Crippen molar-refractivity contribution >= 4 is 23.1 Å². The van der Waals surface area contributed by atoms with Crippen molar-refractivity contribution in [3.8, 4) is 0 Å². The lowest BCUT2D eigenvalue weighted by molar-refractivity contribution is 0.256. The van der Waals surface area contributed by atoms with E-state index in [-0.39, 0.29) is 6.03 Å². The molecule has 0 aliphatic rings. The van der Waals surface area contributed by atoms with Gasteiger partial charge in [-0.15, -0.1) is 0 Å². The normalized spacial score (nSPS) is 10.2. The number of nitrogens with zero attached hydrogens (tertiary/aromatic N) is 2. The molecule has 4 heteroatoms. The molecule has 132 valence electrons. The van der Waals surface area contributed by atoms with Crippen LogP contribution in [0.25, 0.3) is 0 Å². The van der Waals surface area contributed by atoms with E-state index in [1.54, 1.807) is 4.90 Å². The minimum atomic E-state index is -0.155. The van der Waals surface area contributed by atoms with Gasteiger partial charge < -0.3 is 10.2 Å². The standard InChI is InChI=1S/C22H23N3O/c1-24(2)20-15-13-19(14-16-20)23-22(26)25(21-11-7-4-8-12-21)17-18-9-5-3-6-10-18/h3-16H,17H2,1-2H3,(H,23,26). The summed E-state index contributed by atoms with van der Waals surface area (Å²) < 4.78 is 0. The summed E-state index contributed by atoms with van der Waals surface area (Å²) in [7, 11) is 3.98. The van der Waals surface area contributed by atoms with Gasteiger partial charge in [-0.05, 0) is 42.0 Å². The summed E-state index contributed by atoms with van der Waals surface area (Å²) >= 11 is 0. The third-order valence-electron chi connectivity index (χ3n) is 4.13. The molecule has 0 aromatic heterocycles. The first-order chi connectivity index (χ1) is 12.6. The smallest absolute Gasteiger partial charge is 0.326 e. The molecule has 0 spiro atoms. The molecular formula is C22H23N3O. The van der Waals surface area contributed by atoms with Gasteiger partial charge in [0.1, 0.15) is 0 Å². The molecule has 0 aliphatic carbocycles. The molecule has 0 saturated carbocycles. The Morgan fingerprint density at radius 1 is 0.769 bits per heavy atom. The Kier molecular flexibility index (Phi) is 5.54. The molecule has 1 N–H and O–H groups in total. The van der Waals surface area contributed by atoms with Gasteiger partial charge in [-0.3, -0.25) is 4.90 Å². The molecule has 0 unspecified atom stereocenters. The fourth-order valence-corrected chi connectivity index (χ4v) is 2.69. The van der Waals surface area contributed by atoms with E-state index in [2.05, 4.69) is 5.32 Å². The lowest BCUT2D eigenvalue weighted by Gasteiger charge is -2.23. The molecule has 0 atom stereocenters. The highest BCUT2D eigenvalue weighted by atomic mass is 16.2. The van der Waals surface area contributed by atoms with Gasteiger partial charge in [-0.1, -0.05) is 48.5 Å². The molecule has 3 rings (SSSR count). The number of carbonyl (C=O) groups excluding carboxylic acids is 1. The third-order valence-corrected chi connectivity index (χ3v) is 4.13. The summed E-state index contributed by atoms with van der Waals surface area (Å²) in [5, 5.41) is 3.00. The first kappa shape index (κ1) is 17.5. The van der Waals surface area contributed by atoms with Crippen LogP contribution in [0.1, 0.15) is 5.56 Å². The van der Waals surface area contributed by atoms with E-state index >= 15 is 0 Å². The van der Waals surface area contributed by atoms with Crippen LogP contribution in [0.5, 0.6) is 0 Å². The second kappa shape index (κ2) is 8.21. The highest BCUT2D eigenvalue weighted by molar-refractivity contribution is 6.01. The fraction of sp³-hybridized carbons (Fsp3) is 0.136. The van der Waals surface area contributed by atoms with Gasteiger partial charge in [0.2, 0.25) is 0 Å². The Morgan fingerprint density at radius 3 is 1.92 bits per heavy atom. The average Bonchev–Trinajstić information content (AvgIpc) is 2.68. The number of para-hydroxylation sites is 1. The minimum Gasteiger partial charge on any atom is -0.378 e. The number of amides is 2. The Bertz CT molecular complexity index is 830. The van der Waals surface area contributed by atoms with E-state index in [9.17, 15) is 4.79 Å². The van der Waals surface area contributed by atoms with Crippen LogP contribution >= 0.6 is 0 Å². The number of benzene rings is 3. The topological polar surface area (TPSA) is 35.6 Å². The summed E-state index contributed by atoms with van der Waals surface area (Å²) in [6.07, 6.45) is 0. The highest BCUT2D eigenvalue weighted by Gasteiger charge is 2.16. The Morgan fingerprint density at radius 2 is 1.35 bits per heavy atom. The number of anilines is 3. The molecule has 0 aliphatic heterocycles. The monoisotopic (exact) mass is 345 g/mol. The zero-order valence-electron chi connectivity index (χ0n) is 15.1. The zero-order chi connectivity index (χ0) is 18.4. The zero-order valence-corrected chi connectivity index (χ0v) is 15.1. The van der Waals surface area contributed by atoms with E-state index in [0.717, 1.165) is 22.6 Å². The highest BCUT2D eigenvalue weighted by Crippen LogP contribution is 2.20. The van der Waals surface area contributed by atoms with Gasteiger partial charge in [0, 0.05) is 31.2 Å². The fourth-order valence-electron chi connectivity index (χ4n) is 2.69. The van der Waals surface area contributed by atoms with Gasteiger partial charge in [0.15, 0.2) is 0 Å². The van der Waals surface area contributed by atoms with Crippen LogP contribution in [0.3, 0.4) is 0 Å². The predicted molar refractivity (Wildman–Crippen MR) is 109 cm³/mol. The van der Waals surface area contributed by atoms with Crippen LogP contribution in [0, 0.1) is 0 Å². The summed E-state index contributed by atoms with van der Waals surface area (Å²) in [5.74, 6) is 0. The first-order valence-corrected chi connectivity index (χ1v) is 8.58. The predicted octanol–water partition coefficient (Wildman–Crippen LogP) is 4.99. The summed E-state index contributed by atoms with van der Waals surface area (Å²) in [6.45, 7) is 0.506. The molecular weight excluding hydrogens is 322 g/mol. The van der Waals surface area contributed by atoms with Crippen molar-refractivity contribution in [1.82, 2.24) is 0 Å². The largest absolute Gasteiger partial charge is 0.378 e. The summed E-state index contributed by atoms with van der Waals surface area (Å²) in [6, 6.07) is 27.3. The van der Waals surface area contributed by atoms with E-state index in [4.69, 9.17) is 0 Å². The molecule has 3 aromatic rings. The Labute approximate surface area is 154 Å². The van der Waals surface area contributed by atoms with Crippen molar-refractivity contribution in [2.24, 2.45) is 0 Å². The van der Waals surface area contributed by atoms with Crippen LogP contribution in [-0.2, 0) is 6.54 Å². The van der Waals surface area contributed by atoms with E-state index < -0.39 is 0 Å². The molecule has 4 nitrogen and oxygen atoms in total. The van der Waals surface area contributed by atoms with E-state index in [1.807, 2.05) is 104 Å². The Hall–Kier alpha value is -3.27. The third kappa shape index (κ3) is 4.42. The number of carbonyl (C=O) groups is 1. The molecule has 0 radical (unpaired) electrons. The number of hydrogen-bond acceptors (Lipinski definition) is 2. The first-order valence-electron chi connectivity index (χ1n) is 8.58. The lowest BCUT2D eigenvalue weighted by atomic mass is 10.2. The van der Waals surface area contributed by atoms with Crippen LogP contribution in [0.2, 0.25) is 0 Å². The molecule has 3 aromatic carbocycles. The van der Waals surface area contributed by atoms with Crippen molar-refractivity contribution in [3.63, 3.8) is 0 Å². The van der Waals surface area contributed by atoms with Gasteiger partial charge >= 0.3 is 6.03 Å². The Balaban J connectivity index is 1.80. The number of urea groups is 1. The van der Waals surface area contributed by atoms with Crippen molar-refractivity contribution in [1.29, 1.82) is 0 Å². The van der Waals surface area contributed by atoms with E-state index in [0.29, 0.717) is 6.54 Å². The van der Waals surface area contributed by atoms with Crippen molar-refractivity contribution in [3.05, 3.63) is 90.5 Å². The molecule has 2 amide bonds. The SMILES string of the molecule is CN(C)c1ccc(NC(=O)N(Cc2ccccc2)c2ccccc2)cc1.